The highest BCUT2D eigenvalue weighted by atomic mass is 32.1. The predicted molar refractivity (Wildman–Crippen MR) is 135 cm³/mol. The second kappa shape index (κ2) is 8.17. The van der Waals surface area contributed by atoms with Crippen molar-refractivity contribution in [3.63, 3.8) is 0 Å². The van der Waals surface area contributed by atoms with Crippen molar-refractivity contribution < 1.29 is 9.21 Å². The molecule has 1 atom stereocenters. The average Bonchev–Trinajstić information content (AvgIpc) is 3.41. The summed E-state index contributed by atoms with van der Waals surface area (Å²) in [7, 11) is 0. The van der Waals surface area contributed by atoms with Crippen molar-refractivity contribution in [3.05, 3.63) is 85.7 Å². The lowest BCUT2D eigenvalue weighted by atomic mass is 9.86. The van der Waals surface area contributed by atoms with Crippen molar-refractivity contribution in [2.75, 3.05) is 4.90 Å². The Labute approximate surface area is 202 Å². The van der Waals surface area contributed by atoms with Gasteiger partial charge in [-0.2, -0.15) is 0 Å². The number of carbonyl (C=O) groups excluding carboxylic acids is 1. The number of aromatic nitrogens is 2. The fraction of sp³-hybridized carbons (Fsp3) is 0.333. The zero-order chi connectivity index (χ0) is 24.2. The first-order chi connectivity index (χ1) is 16.2. The Morgan fingerprint density at radius 1 is 1.00 bits per heavy atom. The number of benzene rings is 2. The lowest BCUT2D eigenvalue weighted by Gasteiger charge is -2.24. The molecule has 2 aromatic heterocycles. The number of fused-ring (bicyclic) bond motifs is 2. The quantitative estimate of drug-likeness (QED) is 0.373. The number of aryl methyl sites for hydroxylation is 2. The summed E-state index contributed by atoms with van der Waals surface area (Å²) in [4.78, 5) is 29.0. The topological polar surface area (TPSA) is 76.3 Å². The van der Waals surface area contributed by atoms with Gasteiger partial charge in [-0.15, -0.1) is 10.2 Å². The van der Waals surface area contributed by atoms with Crippen LogP contribution < -0.4 is 10.3 Å². The van der Waals surface area contributed by atoms with Crippen LogP contribution in [0, 0.1) is 0 Å². The van der Waals surface area contributed by atoms with E-state index in [1.807, 2.05) is 38.1 Å². The second-order valence-electron chi connectivity index (χ2n) is 9.64. The summed E-state index contributed by atoms with van der Waals surface area (Å²) in [6.07, 6.45) is 1.53. The maximum Gasteiger partial charge on any atom is 0.297 e. The van der Waals surface area contributed by atoms with Crippen molar-refractivity contribution >= 4 is 33.3 Å². The maximum atomic E-state index is 13.8. The van der Waals surface area contributed by atoms with Crippen LogP contribution in [0.15, 0.2) is 51.7 Å². The molecule has 1 aliphatic heterocycles. The number of carbonyl (C=O) groups is 1. The molecule has 0 fully saturated rings. The molecule has 0 saturated heterocycles. The van der Waals surface area contributed by atoms with Gasteiger partial charge < -0.3 is 4.42 Å². The molecule has 2 aromatic carbocycles. The van der Waals surface area contributed by atoms with E-state index in [0.29, 0.717) is 21.7 Å². The molecule has 0 N–H and O–H groups in total. The van der Waals surface area contributed by atoms with Gasteiger partial charge in [-0.25, -0.2) is 0 Å². The number of amides is 1. The van der Waals surface area contributed by atoms with E-state index in [-0.39, 0.29) is 22.5 Å². The Balaban J connectivity index is 1.75. The van der Waals surface area contributed by atoms with Gasteiger partial charge in [-0.05, 0) is 47.1 Å². The summed E-state index contributed by atoms with van der Waals surface area (Å²) in [5.41, 5.74) is 3.66. The highest BCUT2D eigenvalue weighted by Gasteiger charge is 2.45. The Morgan fingerprint density at radius 2 is 1.74 bits per heavy atom. The third-order valence-electron chi connectivity index (χ3n) is 6.40. The Kier molecular flexibility index (Phi) is 5.40. The van der Waals surface area contributed by atoms with Crippen LogP contribution >= 0.6 is 11.3 Å². The van der Waals surface area contributed by atoms with Gasteiger partial charge in [0.25, 0.3) is 5.91 Å². The number of hydrogen-bond acceptors (Lipinski definition) is 6. The number of anilines is 1. The third kappa shape index (κ3) is 3.55. The maximum absolute atomic E-state index is 13.8. The molecular formula is C27H27N3O3S. The summed E-state index contributed by atoms with van der Waals surface area (Å²) in [6, 6.07) is 13.1. The van der Waals surface area contributed by atoms with Crippen molar-refractivity contribution in [2.24, 2.45) is 0 Å². The van der Waals surface area contributed by atoms with E-state index in [2.05, 4.69) is 43.1 Å². The van der Waals surface area contributed by atoms with Crippen molar-refractivity contribution in [1.82, 2.24) is 10.2 Å². The SMILES string of the molecule is CCc1ccc2oc3c(c(=O)c2c1)C(c1ccc(C(C)(C)C)cc1)N(c1nnc(CC)s1)C3=O. The Morgan fingerprint density at radius 3 is 2.35 bits per heavy atom. The van der Waals surface area contributed by atoms with Crippen LogP contribution in [0.4, 0.5) is 5.13 Å². The molecule has 0 spiro atoms. The van der Waals surface area contributed by atoms with Gasteiger partial charge in [0, 0.05) is 0 Å². The summed E-state index contributed by atoms with van der Waals surface area (Å²) < 4.78 is 6.08. The van der Waals surface area contributed by atoms with Gasteiger partial charge >= 0.3 is 0 Å². The van der Waals surface area contributed by atoms with Crippen LogP contribution in [0.1, 0.15) is 78.5 Å². The Hall–Kier alpha value is -3.32. The highest BCUT2D eigenvalue weighted by Crippen LogP contribution is 2.42. The molecule has 4 aromatic rings. The minimum atomic E-state index is -0.625. The van der Waals surface area contributed by atoms with E-state index >= 15 is 0 Å². The van der Waals surface area contributed by atoms with E-state index in [4.69, 9.17) is 4.42 Å². The molecule has 7 heteroatoms. The molecule has 1 unspecified atom stereocenters. The van der Waals surface area contributed by atoms with Crippen LogP contribution in [0.25, 0.3) is 11.0 Å². The molecular weight excluding hydrogens is 446 g/mol. The number of nitrogens with zero attached hydrogens (tertiary/aromatic N) is 3. The summed E-state index contributed by atoms with van der Waals surface area (Å²) in [5, 5.41) is 10.3. The molecule has 174 valence electrons. The van der Waals surface area contributed by atoms with Crippen molar-refractivity contribution in [1.29, 1.82) is 0 Å². The molecule has 0 bridgehead atoms. The summed E-state index contributed by atoms with van der Waals surface area (Å²) in [5.74, 6) is -0.280. The van der Waals surface area contributed by atoms with Gasteiger partial charge in [0.15, 0.2) is 5.43 Å². The standard InChI is InChI=1S/C27H27N3O3S/c1-6-15-8-13-19-18(14-15)23(31)21-22(16-9-11-17(12-10-16)27(3,4)5)30(25(32)24(21)33-19)26-29-28-20(7-2)34-26/h8-14,22H,6-7H2,1-5H3. The monoisotopic (exact) mass is 473 g/mol. The third-order valence-corrected chi connectivity index (χ3v) is 7.47. The van der Waals surface area contributed by atoms with E-state index < -0.39 is 6.04 Å². The lowest BCUT2D eigenvalue weighted by molar-refractivity contribution is 0.0970. The highest BCUT2D eigenvalue weighted by molar-refractivity contribution is 7.15. The normalized spacial score (nSPS) is 15.9. The number of rotatable bonds is 4. The zero-order valence-corrected chi connectivity index (χ0v) is 20.8. The first-order valence-corrected chi connectivity index (χ1v) is 12.4. The average molecular weight is 474 g/mol. The minimum absolute atomic E-state index is 0.0113. The fourth-order valence-corrected chi connectivity index (χ4v) is 5.21. The van der Waals surface area contributed by atoms with E-state index in [1.54, 1.807) is 11.0 Å². The molecule has 5 rings (SSSR count). The lowest BCUT2D eigenvalue weighted by Crippen LogP contribution is -2.29. The van der Waals surface area contributed by atoms with E-state index in [1.165, 1.54) is 16.9 Å². The smallest absolute Gasteiger partial charge is 0.297 e. The second-order valence-corrected chi connectivity index (χ2v) is 10.7. The van der Waals surface area contributed by atoms with Crippen LogP contribution in [0.2, 0.25) is 0 Å². The largest absolute Gasteiger partial charge is 0.450 e. The van der Waals surface area contributed by atoms with Crippen LogP contribution in [0.3, 0.4) is 0 Å². The molecule has 34 heavy (non-hydrogen) atoms. The first kappa shape index (κ1) is 22.5. The van der Waals surface area contributed by atoms with Crippen molar-refractivity contribution in [3.8, 4) is 0 Å². The van der Waals surface area contributed by atoms with Crippen LogP contribution in [-0.2, 0) is 18.3 Å². The van der Waals surface area contributed by atoms with Gasteiger partial charge in [-0.1, -0.05) is 76.3 Å². The molecule has 0 radical (unpaired) electrons. The van der Waals surface area contributed by atoms with Gasteiger partial charge in [-0.3, -0.25) is 14.5 Å². The van der Waals surface area contributed by atoms with Gasteiger partial charge in [0.1, 0.15) is 10.6 Å². The minimum Gasteiger partial charge on any atom is -0.450 e. The summed E-state index contributed by atoms with van der Waals surface area (Å²) in [6.45, 7) is 10.5. The summed E-state index contributed by atoms with van der Waals surface area (Å²) >= 11 is 1.37. The zero-order valence-electron chi connectivity index (χ0n) is 20.0. The first-order valence-electron chi connectivity index (χ1n) is 11.6. The Bertz CT molecular complexity index is 1460. The van der Waals surface area contributed by atoms with Crippen LogP contribution in [0.5, 0.6) is 0 Å². The van der Waals surface area contributed by atoms with E-state index in [9.17, 15) is 9.59 Å². The molecule has 1 amide bonds. The predicted octanol–water partition coefficient (Wildman–Crippen LogP) is 5.82. The molecule has 3 heterocycles. The molecule has 0 aliphatic carbocycles. The van der Waals surface area contributed by atoms with Gasteiger partial charge in [0.05, 0.1) is 17.0 Å². The van der Waals surface area contributed by atoms with E-state index in [0.717, 1.165) is 29.0 Å². The van der Waals surface area contributed by atoms with Crippen molar-refractivity contribution in [2.45, 2.75) is 58.9 Å². The van der Waals surface area contributed by atoms with Crippen LogP contribution in [-0.4, -0.2) is 16.1 Å². The molecule has 0 saturated carbocycles. The molecule has 1 aliphatic rings. The fourth-order valence-electron chi connectivity index (χ4n) is 4.40. The van der Waals surface area contributed by atoms with Gasteiger partial charge in [0.2, 0.25) is 10.9 Å². The molecule has 6 nitrogen and oxygen atoms in total. The number of hydrogen-bond donors (Lipinski definition) is 0.